The lowest BCUT2D eigenvalue weighted by Crippen LogP contribution is -2.15. The molecule has 0 radical (unpaired) electrons. The molecule has 1 aliphatic rings. The maximum absolute atomic E-state index is 3.49. The Bertz CT molecular complexity index is 333. The van der Waals surface area contributed by atoms with E-state index in [2.05, 4.69) is 47.1 Å². The van der Waals surface area contributed by atoms with E-state index in [0.717, 1.165) is 11.8 Å². The van der Waals surface area contributed by atoms with E-state index >= 15 is 0 Å². The minimum atomic E-state index is 0.988. The smallest absolute Gasteiger partial charge is 0.0175 e. The van der Waals surface area contributed by atoms with Crippen LogP contribution in [-0.4, -0.2) is 0 Å². The maximum atomic E-state index is 3.49. The highest BCUT2D eigenvalue weighted by atomic mass is 79.9. The van der Waals surface area contributed by atoms with E-state index in [1.165, 1.54) is 61.4 Å². The van der Waals surface area contributed by atoms with Gasteiger partial charge in [0, 0.05) is 4.47 Å². The molecule has 0 nitrogen and oxygen atoms in total. The van der Waals surface area contributed by atoms with Gasteiger partial charge in [0.1, 0.15) is 0 Å². The molecule has 18 heavy (non-hydrogen) atoms. The third-order valence-corrected chi connectivity index (χ3v) is 4.95. The van der Waals surface area contributed by atoms with Gasteiger partial charge in [0.05, 0.1) is 0 Å². The first-order valence-electron chi connectivity index (χ1n) is 7.52. The zero-order chi connectivity index (χ0) is 12.8. The van der Waals surface area contributed by atoms with Crippen LogP contribution in [0.2, 0.25) is 0 Å². The van der Waals surface area contributed by atoms with E-state index in [-0.39, 0.29) is 0 Å². The summed E-state index contributed by atoms with van der Waals surface area (Å²) in [7, 11) is 0. The molecule has 0 bridgehead atoms. The van der Waals surface area contributed by atoms with E-state index in [1.54, 1.807) is 0 Å². The van der Waals surface area contributed by atoms with Gasteiger partial charge in [0.2, 0.25) is 0 Å². The van der Waals surface area contributed by atoms with Gasteiger partial charge in [0.25, 0.3) is 0 Å². The summed E-state index contributed by atoms with van der Waals surface area (Å²) in [5.74, 6) is 2.03. The van der Waals surface area contributed by atoms with E-state index in [1.807, 2.05) is 0 Å². The minimum absolute atomic E-state index is 0.988. The first kappa shape index (κ1) is 14.1. The van der Waals surface area contributed by atoms with Gasteiger partial charge in [-0.05, 0) is 42.4 Å². The predicted octanol–water partition coefficient (Wildman–Crippen LogP) is 5.99. The maximum Gasteiger partial charge on any atom is 0.0175 e. The molecule has 2 rings (SSSR count). The van der Waals surface area contributed by atoms with Gasteiger partial charge in [-0.25, -0.2) is 0 Å². The van der Waals surface area contributed by atoms with Crippen molar-refractivity contribution >= 4 is 15.9 Å². The molecule has 0 aliphatic heterocycles. The number of hydrogen-bond donors (Lipinski definition) is 0. The zero-order valence-electron chi connectivity index (χ0n) is 11.5. The normalized spacial score (nSPS) is 24.1. The van der Waals surface area contributed by atoms with Crippen molar-refractivity contribution in [3.8, 4) is 0 Å². The molecule has 0 saturated heterocycles. The van der Waals surface area contributed by atoms with Crippen LogP contribution in [0, 0.1) is 11.8 Å². The van der Waals surface area contributed by atoms with Crippen LogP contribution in [0.1, 0.15) is 57.4 Å². The Kier molecular flexibility index (Phi) is 5.75. The molecule has 0 aromatic heterocycles. The average molecular weight is 309 g/mol. The third kappa shape index (κ3) is 4.42. The molecule has 1 aliphatic carbocycles. The summed E-state index contributed by atoms with van der Waals surface area (Å²) in [5, 5.41) is 0. The Labute approximate surface area is 120 Å². The lowest BCUT2D eigenvalue weighted by molar-refractivity contribution is 0.252. The molecular weight excluding hydrogens is 284 g/mol. The van der Waals surface area contributed by atoms with E-state index in [4.69, 9.17) is 0 Å². The summed E-state index contributed by atoms with van der Waals surface area (Å²) in [6.45, 7) is 2.32. The molecule has 0 heterocycles. The van der Waals surface area contributed by atoms with Gasteiger partial charge >= 0.3 is 0 Å². The van der Waals surface area contributed by atoms with E-state index in [0.29, 0.717) is 0 Å². The van der Waals surface area contributed by atoms with Crippen molar-refractivity contribution in [1.82, 2.24) is 0 Å². The topological polar surface area (TPSA) is 0 Å². The van der Waals surface area contributed by atoms with Crippen LogP contribution in [0.3, 0.4) is 0 Å². The second-order valence-electron chi connectivity index (χ2n) is 5.84. The van der Waals surface area contributed by atoms with Crippen LogP contribution >= 0.6 is 15.9 Å². The third-order valence-electron chi connectivity index (χ3n) is 4.42. The second kappa shape index (κ2) is 7.33. The predicted molar refractivity (Wildman–Crippen MR) is 82.8 cm³/mol. The van der Waals surface area contributed by atoms with Crippen LogP contribution in [0.4, 0.5) is 0 Å². The largest absolute Gasteiger partial charge is 0.0654 e. The summed E-state index contributed by atoms with van der Waals surface area (Å²) < 4.78 is 1.19. The number of benzene rings is 1. The van der Waals surface area contributed by atoms with Gasteiger partial charge in [-0.15, -0.1) is 0 Å². The van der Waals surface area contributed by atoms with Crippen molar-refractivity contribution in [2.75, 3.05) is 0 Å². The Morgan fingerprint density at radius 3 is 2.06 bits per heavy atom. The summed E-state index contributed by atoms with van der Waals surface area (Å²) >= 11 is 3.49. The van der Waals surface area contributed by atoms with Crippen LogP contribution in [0.25, 0.3) is 0 Å². The fourth-order valence-corrected chi connectivity index (χ4v) is 3.50. The minimum Gasteiger partial charge on any atom is -0.0654 e. The van der Waals surface area contributed by atoms with E-state index < -0.39 is 0 Å². The van der Waals surface area contributed by atoms with Crippen molar-refractivity contribution in [2.45, 2.75) is 58.3 Å². The number of halogens is 1. The number of hydrogen-bond acceptors (Lipinski definition) is 0. The fourth-order valence-electron chi connectivity index (χ4n) is 3.24. The highest BCUT2D eigenvalue weighted by molar-refractivity contribution is 9.10. The lowest BCUT2D eigenvalue weighted by Gasteiger charge is -2.28. The number of aryl methyl sites for hydroxylation is 1. The van der Waals surface area contributed by atoms with Crippen molar-refractivity contribution in [3.05, 3.63) is 34.3 Å². The Hall–Kier alpha value is -0.300. The van der Waals surface area contributed by atoms with Gasteiger partial charge in [-0.2, -0.15) is 0 Å². The fraction of sp³-hybridized carbons (Fsp3) is 0.647. The van der Waals surface area contributed by atoms with Gasteiger partial charge < -0.3 is 0 Å². The van der Waals surface area contributed by atoms with Crippen molar-refractivity contribution < 1.29 is 0 Å². The number of rotatable bonds is 5. The molecule has 0 spiro atoms. The summed E-state index contributed by atoms with van der Waals surface area (Å²) in [6, 6.07) is 8.83. The van der Waals surface area contributed by atoms with Gasteiger partial charge in [-0.1, -0.05) is 73.5 Å². The average Bonchev–Trinajstić information content (AvgIpc) is 2.40. The molecule has 0 N–H and O–H groups in total. The Morgan fingerprint density at radius 1 is 0.944 bits per heavy atom. The van der Waals surface area contributed by atoms with Crippen molar-refractivity contribution in [3.63, 3.8) is 0 Å². The first-order chi connectivity index (χ1) is 8.78. The summed E-state index contributed by atoms with van der Waals surface area (Å²) in [4.78, 5) is 0. The Balaban J connectivity index is 1.70. The molecule has 0 unspecified atom stereocenters. The van der Waals surface area contributed by atoms with Gasteiger partial charge in [0.15, 0.2) is 0 Å². The molecule has 100 valence electrons. The van der Waals surface area contributed by atoms with Crippen LogP contribution in [0.5, 0.6) is 0 Å². The molecule has 1 heteroatoms. The van der Waals surface area contributed by atoms with Crippen LogP contribution < -0.4 is 0 Å². The van der Waals surface area contributed by atoms with E-state index in [9.17, 15) is 0 Å². The lowest BCUT2D eigenvalue weighted by atomic mass is 9.78. The first-order valence-corrected chi connectivity index (χ1v) is 8.31. The molecular formula is C17H25Br. The monoisotopic (exact) mass is 308 g/mol. The molecule has 0 amide bonds. The zero-order valence-corrected chi connectivity index (χ0v) is 13.1. The molecule has 1 aromatic carbocycles. The quantitative estimate of drug-likeness (QED) is 0.627. The SMILES string of the molecule is CCCC1CCC(CCc2ccc(Br)cc2)CC1. The standard InChI is InChI=1S/C17H25Br/c1-2-3-14-4-6-15(7-5-14)8-9-16-10-12-17(18)13-11-16/h10-15H,2-9H2,1H3. The van der Waals surface area contributed by atoms with Crippen molar-refractivity contribution in [1.29, 1.82) is 0 Å². The molecule has 1 saturated carbocycles. The molecule has 1 aromatic rings. The Morgan fingerprint density at radius 2 is 1.50 bits per heavy atom. The summed E-state index contributed by atoms with van der Waals surface area (Å²) in [5.41, 5.74) is 1.49. The summed E-state index contributed by atoms with van der Waals surface area (Å²) in [6.07, 6.45) is 11.4. The highest BCUT2D eigenvalue weighted by Gasteiger charge is 2.20. The highest BCUT2D eigenvalue weighted by Crippen LogP contribution is 2.33. The van der Waals surface area contributed by atoms with Crippen LogP contribution in [-0.2, 0) is 6.42 Å². The van der Waals surface area contributed by atoms with Gasteiger partial charge in [-0.3, -0.25) is 0 Å². The van der Waals surface area contributed by atoms with Crippen LogP contribution in [0.15, 0.2) is 28.7 Å². The second-order valence-corrected chi connectivity index (χ2v) is 6.76. The van der Waals surface area contributed by atoms with Crippen molar-refractivity contribution in [2.24, 2.45) is 11.8 Å². The molecule has 0 atom stereocenters. The molecule has 1 fully saturated rings.